The highest BCUT2D eigenvalue weighted by Gasteiger charge is 2.29. The molecule has 1 saturated heterocycles. The third kappa shape index (κ3) is 3.96. The van der Waals surface area contributed by atoms with E-state index >= 15 is 0 Å². The maximum absolute atomic E-state index is 12.3. The first-order valence-corrected chi connectivity index (χ1v) is 8.37. The molecule has 2 heterocycles. The largest absolute Gasteiger partial charge is 0.443 e. The van der Waals surface area contributed by atoms with Crippen LogP contribution in [0.1, 0.15) is 32.8 Å². The van der Waals surface area contributed by atoms with E-state index in [4.69, 9.17) is 9.47 Å². The lowest BCUT2D eigenvalue weighted by molar-refractivity contribution is 0.0584. The van der Waals surface area contributed by atoms with Crippen LogP contribution in [0.25, 0.3) is 0 Å². The number of rotatable bonds is 3. The summed E-state index contributed by atoms with van der Waals surface area (Å²) in [6, 6.07) is 6.20. The Bertz CT molecular complexity index is 574. The predicted molar refractivity (Wildman–Crippen MR) is 91.1 cm³/mol. The Hall–Kier alpha value is -1.75. The first-order chi connectivity index (χ1) is 10.9. The van der Waals surface area contributed by atoms with Gasteiger partial charge in [-0.05, 0) is 57.4 Å². The van der Waals surface area contributed by atoms with Crippen molar-refractivity contribution in [2.24, 2.45) is 5.92 Å². The average molecular weight is 318 g/mol. The molecule has 1 unspecified atom stereocenters. The van der Waals surface area contributed by atoms with Gasteiger partial charge in [-0.25, -0.2) is 4.79 Å². The Kier molecular flexibility index (Phi) is 4.48. The summed E-state index contributed by atoms with van der Waals surface area (Å²) in [5.74, 6) is 0.599. The second-order valence-electron chi connectivity index (χ2n) is 7.34. The maximum atomic E-state index is 12.3. The van der Waals surface area contributed by atoms with Crippen LogP contribution in [-0.4, -0.2) is 38.0 Å². The molecule has 2 aliphatic rings. The molecule has 1 aromatic rings. The van der Waals surface area contributed by atoms with Crippen LogP contribution in [0, 0.1) is 5.92 Å². The summed E-state index contributed by atoms with van der Waals surface area (Å²) < 4.78 is 10.9. The van der Waals surface area contributed by atoms with Gasteiger partial charge in [0.15, 0.2) is 0 Å². The van der Waals surface area contributed by atoms with Crippen LogP contribution >= 0.6 is 0 Å². The lowest BCUT2D eigenvalue weighted by Gasteiger charge is -2.24. The minimum Gasteiger partial charge on any atom is -0.443 e. The fraction of sp³-hybridized carbons (Fsp3) is 0.611. The zero-order chi connectivity index (χ0) is 16.4. The summed E-state index contributed by atoms with van der Waals surface area (Å²) in [5.41, 5.74) is 2.81. The van der Waals surface area contributed by atoms with Gasteiger partial charge in [-0.15, -0.1) is 0 Å². The third-order valence-corrected chi connectivity index (χ3v) is 4.21. The standard InChI is InChI=1S/C18H26N2O3/c1-18(2,3)23-17(21)20-8-6-14-10-15(4-5-16(14)20)19-11-13-7-9-22-12-13/h4-5,10,13,19H,6-9,11-12H2,1-3H3. The molecule has 1 N–H and O–H groups in total. The number of hydrogen-bond donors (Lipinski definition) is 1. The molecule has 1 amide bonds. The van der Waals surface area contributed by atoms with Gasteiger partial charge in [0.05, 0.1) is 12.3 Å². The molecule has 1 atom stereocenters. The van der Waals surface area contributed by atoms with Crippen LogP contribution in [0.3, 0.4) is 0 Å². The molecule has 126 valence electrons. The molecule has 5 heteroatoms. The minimum absolute atomic E-state index is 0.264. The van der Waals surface area contributed by atoms with Gasteiger partial charge in [-0.1, -0.05) is 0 Å². The molecule has 0 aromatic heterocycles. The number of carbonyl (C=O) groups is 1. The predicted octanol–water partition coefficient (Wildman–Crippen LogP) is 3.43. The number of fused-ring (bicyclic) bond motifs is 1. The van der Waals surface area contributed by atoms with E-state index in [-0.39, 0.29) is 6.09 Å². The Balaban J connectivity index is 1.64. The van der Waals surface area contributed by atoms with Crippen LogP contribution in [0.2, 0.25) is 0 Å². The van der Waals surface area contributed by atoms with E-state index < -0.39 is 5.60 Å². The van der Waals surface area contributed by atoms with Gasteiger partial charge < -0.3 is 14.8 Å². The third-order valence-electron chi connectivity index (χ3n) is 4.21. The second kappa shape index (κ2) is 6.40. The van der Waals surface area contributed by atoms with E-state index in [1.54, 1.807) is 4.90 Å². The van der Waals surface area contributed by atoms with Crippen molar-refractivity contribution >= 4 is 17.5 Å². The van der Waals surface area contributed by atoms with Gasteiger partial charge in [0, 0.05) is 31.3 Å². The fourth-order valence-electron chi connectivity index (χ4n) is 3.02. The lowest BCUT2D eigenvalue weighted by atomic mass is 10.1. The summed E-state index contributed by atoms with van der Waals surface area (Å²) in [4.78, 5) is 14.0. The number of amides is 1. The second-order valence-corrected chi connectivity index (χ2v) is 7.34. The SMILES string of the molecule is CC(C)(C)OC(=O)N1CCc2cc(NCC3CCOC3)ccc21. The number of nitrogens with zero attached hydrogens (tertiary/aromatic N) is 1. The van der Waals surface area contributed by atoms with Crippen LogP contribution in [0.5, 0.6) is 0 Å². The molecule has 0 saturated carbocycles. The summed E-state index contributed by atoms with van der Waals surface area (Å²) >= 11 is 0. The number of carbonyl (C=O) groups excluding carboxylic acids is 1. The molecule has 0 radical (unpaired) electrons. The fourth-order valence-corrected chi connectivity index (χ4v) is 3.02. The topological polar surface area (TPSA) is 50.8 Å². The van der Waals surface area contributed by atoms with Crippen LogP contribution in [-0.2, 0) is 15.9 Å². The van der Waals surface area contributed by atoms with Crippen molar-refractivity contribution in [3.05, 3.63) is 23.8 Å². The van der Waals surface area contributed by atoms with E-state index in [0.717, 1.165) is 44.0 Å². The average Bonchev–Trinajstić information content (AvgIpc) is 3.12. The quantitative estimate of drug-likeness (QED) is 0.927. The zero-order valence-corrected chi connectivity index (χ0v) is 14.2. The molecule has 0 bridgehead atoms. The van der Waals surface area contributed by atoms with Crippen molar-refractivity contribution < 1.29 is 14.3 Å². The highest BCUT2D eigenvalue weighted by Crippen LogP contribution is 2.31. The van der Waals surface area contributed by atoms with E-state index in [1.165, 1.54) is 5.56 Å². The van der Waals surface area contributed by atoms with E-state index in [9.17, 15) is 4.79 Å². The minimum atomic E-state index is -0.468. The summed E-state index contributed by atoms with van der Waals surface area (Å²) in [6.45, 7) is 9.02. The first kappa shape index (κ1) is 16.1. The number of benzene rings is 1. The molecule has 5 nitrogen and oxygen atoms in total. The number of nitrogens with one attached hydrogen (secondary N) is 1. The van der Waals surface area contributed by atoms with Gasteiger partial charge in [-0.3, -0.25) is 4.90 Å². The van der Waals surface area contributed by atoms with Crippen LogP contribution in [0.4, 0.5) is 16.2 Å². The van der Waals surface area contributed by atoms with Crippen molar-refractivity contribution in [2.45, 2.75) is 39.2 Å². The molecule has 1 aromatic carbocycles. The Morgan fingerprint density at radius 3 is 2.96 bits per heavy atom. The maximum Gasteiger partial charge on any atom is 0.414 e. The van der Waals surface area contributed by atoms with Gasteiger partial charge in [0.25, 0.3) is 0 Å². The summed E-state index contributed by atoms with van der Waals surface area (Å²) in [7, 11) is 0. The van der Waals surface area contributed by atoms with Crippen molar-refractivity contribution in [3.8, 4) is 0 Å². The molecule has 0 spiro atoms. The number of hydrogen-bond acceptors (Lipinski definition) is 4. The highest BCUT2D eigenvalue weighted by atomic mass is 16.6. The van der Waals surface area contributed by atoms with Crippen LogP contribution < -0.4 is 10.2 Å². The summed E-state index contributed by atoms with van der Waals surface area (Å²) in [5, 5.41) is 3.48. The van der Waals surface area contributed by atoms with Gasteiger partial charge in [0.1, 0.15) is 5.60 Å². The molecule has 23 heavy (non-hydrogen) atoms. The van der Waals surface area contributed by atoms with Crippen molar-refractivity contribution in [1.29, 1.82) is 0 Å². The Morgan fingerprint density at radius 1 is 1.43 bits per heavy atom. The van der Waals surface area contributed by atoms with Gasteiger partial charge in [0.2, 0.25) is 0 Å². The van der Waals surface area contributed by atoms with E-state index in [0.29, 0.717) is 12.5 Å². The number of anilines is 2. The van der Waals surface area contributed by atoms with Crippen molar-refractivity contribution in [3.63, 3.8) is 0 Å². The van der Waals surface area contributed by atoms with Crippen molar-refractivity contribution in [1.82, 2.24) is 0 Å². The Labute approximate surface area is 137 Å². The molecule has 1 fully saturated rings. The molecule has 0 aliphatic carbocycles. The smallest absolute Gasteiger partial charge is 0.414 e. The molecular weight excluding hydrogens is 292 g/mol. The molecule has 2 aliphatic heterocycles. The van der Waals surface area contributed by atoms with E-state index in [2.05, 4.69) is 11.4 Å². The zero-order valence-electron chi connectivity index (χ0n) is 14.2. The van der Waals surface area contributed by atoms with Gasteiger partial charge >= 0.3 is 6.09 Å². The summed E-state index contributed by atoms with van der Waals surface area (Å²) in [6.07, 6.45) is 1.74. The lowest BCUT2D eigenvalue weighted by Crippen LogP contribution is -2.35. The molecular formula is C18H26N2O3. The highest BCUT2D eigenvalue weighted by molar-refractivity contribution is 5.91. The number of ether oxygens (including phenoxy) is 2. The molecule has 3 rings (SSSR count). The normalized spacial score (nSPS) is 20.5. The van der Waals surface area contributed by atoms with Crippen LogP contribution in [0.15, 0.2) is 18.2 Å². The monoisotopic (exact) mass is 318 g/mol. The Morgan fingerprint density at radius 2 is 2.26 bits per heavy atom. The van der Waals surface area contributed by atoms with Crippen molar-refractivity contribution in [2.75, 3.05) is 36.5 Å². The van der Waals surface area contributed by atoms with E-state index in [1.807, 2.05) is 32.9 Å². The first-order valence-electron chi connectivity index (χ1n) is 8.37. The van der Waals surface area contributed by atoms with Gasteiger partial charge in [-0.2, -0.15) is 0 Å².